The fourth-order valence-electron chi connectivity index (χ4n) is 6.77. The van der Waals surface area contributed by atoms with Gasteiger partial charge in [0.1, 0.15) is 23.9 Å². The highest BCUT2D eigenvalue weighted by atomic mass is 16.3. The number of pyridine rings is 2. The zero-order chi connectivity index (χ0) is 45.8. The number of hydrogen-bond acceptors (Lipinski definition) is 10. The second-order valence-corrected chi connectivity index (χ2v) is 15.8. The van der Waals surface area contributed by atoms with E-state index in [0.29, 0.717) is 37.2 Å². The molecular weight excluding hydrogens is 815 g/mol. The zero-order valence-corrected chi connectivity index (χ0v) is 35.9. The van der Waals surface area contributed by atoms with E-state index in [2.05, 4.69) is 41.5 Å². The first-order valence-corrected chi connectivity index (χ1v) is 21.0. The van der Waals surface area contributed by atoms with Crippen molar-refractivity contribution < 1.29 is 33.9 Å². The Balaban J connectivity index is 1.18. The average Bonchev–Trinajstić information content (AvgIpc) is 3.28. The van der Waals surface area contributed by atoms with Crippen LogP contribution >= 0.6 is 0 Å². The van der Waals surface area contributed by atoms with Gasteiger partial charge in [-0.05, 0) is 77.6 Å². The maximum Gasteiger partial charge on any atom is 0.251 e. The van der Waals surface area contributed by atoms with Crippen LogP contribution in [0.25, 0.3) is 0 Å². The summed E-state index contributed by atoms with van der Waals surface area (Å²) in [6.07, 6.45) is 3.95. The van der Waals surface area contributed by atoms with Crippen molar-refractivity contribution in [3.05, 3.63) is 161 Å². The Morgan fingerprint density at radius 1 is 0.578 bits per heavy atom. The van der Waals surface area contributed by atoms with Gasteiger partial charge in [-0.25, -0.2) is 0 Å². The minimum Gasteiger partial charge on any atom is -0.508 e. The Hall–Kier alpha value is -7.46. The number of carbonyl (C=O) groups is 6. The van der Waals surface area contributed by atoms with Gasteiger partial charge in [-0.3, -0.25) is 43.6 Å². The lowest BCUT2D eigenvalue weighted by atomic mass is 10.0. The van der Waals surface area contributed by atoms with Crippen LogP contribution in [0.2, 0.25) is 0 Å². The largest absolute Gasteiger partial charge is 0.508 e. The first-order valence-electron chi connectivity index (χ1n) is 21.0. The van der Waals surface area contributed by atoms with Crippen molar-refractivity contribution in [1.82, 2.24) is 41.5 Å². The lowest BCUT2D eigenvalue weighted by Gasteiger charge is -2.23. The molecule has 0 fully saturated rings. The summed E-state index contributed by atoms with van der Waals surface area (Å²) in [4.78, 5) is 89.6. The molecule has 0 radical (unpaired) electrons. The molecule has 8 N–H and O–H groups in total. The zero-order valence-electron chi connectivity index (χ0n) is 35.9. The first-order chi connectivity index (χ1) is 30.8. The van der Waals surface area contributed by atoms with E-state index < -0.39 is 66.7 Å². The van der Waals surface area contributed by atoms with Gasteiger partial charge in [-0.15, -0.1) is 0 Å². The van der Waals surface area contributed by atoms with E-state index in [4.69, 9.17) is 5.73 Å². The van der Waals surface area contributed by atoms with E-state index in [-0.39, 0.29) is 24.5 Å². The van der Waals surface area contributed by atoms with Crippen molar-refractivity contribution in [3.63, 3.8) is 0 Å². The highest BCUT2D eigenvalue weighted by molar-refractivity contribution is 5.98. The molecule has 0 aliphatic heterocycles. The van der Waals surface area contributed by atoms with Gasteiger partial charge in [0.25, 0.3) is 5.91 Å². The Kier molecular flexibility index (Phi) is 18.0. The molecule has 334 valence electrons. The Bertz CT molecular complexity index is 2260. The van der Waals surface area contributed by atoms with Crippen LogP contribution in [0.4, 0.5) is 0 Å². The summed E-state index contributed by atoms with van der Waals surface area (Å²) in [6.45, 7) is 4.41. The van der Waals surface area contributed by atoms with Crippen molar-refractivity contribution in [3.8, 4) is 5.75 Å². The van der Waals surface area contributed by atoms with Crippen LogP contribution in [0.3, 0.4) is 0 Å². The van der Waals surface area contributed by atoms with Gasteiger partial charge >= 0.3 is 0 Å². The van der Waals surface area contributed by atoms with Crippen LogP contribution in [0, 0.1) is 5.92 Å². The minimum atomic E-state index is -1.13. The fourth-order valence-corrected chi connectivity index (χ4v) is 6.77. The van der Waals surface area contributed by atoms with E-state index in [0.717, 1.165) is 22.5 Å². The smallest absolute Gasteiger partial charge is 0.251 e. The quantitative estimate of drug-likeness (QED) is 0.0507. The molecule has 5 rings (SSSR count). The summed E-state index contributed by atoms with van der Waals surface area (Å²) in [5.41, 5.74) is 9.97. The molecule has 0 bridgehead atoms. The first kappa shape index (κ1) is 47.6. The summed E-state index contributed by atoms with van der Waals surface area (Å²) in [6, 6.07) is 30.5. The van der Waals surface area contributed by atoms with Crippen molar-refractivity contribution >= 4 is 35.4 Å². The summed E-state index contributed by atoms with van der Waals surface area (Å²) in [5, 5.41) is 22.8. The molecular formula is C48H55N9O7. The number of hydrogen-bond donors (Lipinski definition) is 7. The lowest BCUT2D eigenvalue weighted by Crippen LogP contribution is -2.55. The molecule has 5 aromatic rings. The van der Waals surface area contributed by atoms with Gasteiger partial charge in [0, 0.05) is 50.4 Å². The van der Waals surface area contributed by atoms with Crippen molar-refractivity contribution in [2.45, 2.75) is 70.9 Å². The third kappa shape index (κ3) is 16.1. The van der Waals surface area contributed by atoms with E-state index in [1.54, 1.807) is 60.9 Å². The minimum absolute atomic E-state index is 0.0289. The topological polar surface area (TPSA) is 238 Å². The number of amides is 6. The van der Waals surface area contributed by atoms with Crippen molar-refractivity contribution in [1.29, 1.82) is 0 Å². The molecule has 6 amide bonds. The molecule has 16 nitrogen and oxygen atoms in total. The monoisotopic (exact) mass is 869 g/mol. The molecule has 3 aromatic carbocycles. The number of carbonyl (C=O) groups excluding carboxylic acids is 6. The third-order valence-corrected chi connectivity index (χ3v) is 10.0. The molecule has 3 atom stereocenters. The molecule has 0 aliphatic rings. The van der Waals surface area contributed by atoms with Crippen LogP contribution in [-0.4, -0.2) is 86.6 Å². The van der Waals surface area contributed by atoms with Gasteiger partial charge < -0.3 is 37.4 Å². The maximum atomic E-state index is 13.6. The van der Waals surface area contributed by atoms with E-state index in [1.165, 1.54) is 12.1 Å². The number of primary amides is 1. The molecule has 0 saturated carbocycles. The molecule has 0 unspecified atom stereocenters. The second-order valence-electron chi connectivity index (χ2n) is 15.8. The number of benzene rings is 3. The standard InChI is InChI=1S/C48H55N9O7/c1-32(2)24-40(45(49)61)55-48(64)42(25-33-10-4-3-5-11-33)54-44(60)28-52-43(59)27-53-47(63)41(26-34-16-20-39(58)21-17-34)56-46(62)36-18-14-35(15-19-36)29-57(30-37-12-6-8-22-50-37)31-38-13-7-9-23-51-38/h3-23,32,40-42,58H,24-31H2,1-2H3,(H2,49,61)(H,52,59)(H,53,63)(H,54,60)(H,55,64)(H,56,62)/t40-,41-,42-/m0/s1. The second kappa shape index (κ2) is 24.2. The van der Waals surface area contributed by atoms with Crippen molar-refractivity contribution in [2.24, 2.45) is 11.7 Å². The van der Waals surface area contributed by atoms with Crippen LogP contribution < -0.4 is 32.3 Å². The molecule has 0 aliphatic carbocycles. The number of nitrogens with one attached hydrogen (secondary N) is 5. The Labute approximate surface area is 372 Å². The van der Waals surface area contributed by atoms with E-state index >= 15 is 0 Å². The molecule has 0 spiro atoms. The Morgan fingerprint density at radius 2 is 1.12 bits per heavy atom. The molecule has 64 heavy (non-hydrogen) atoms. The number of rotatable bonds is 23. The van der Waals surface area contributed by atoms with Gasteiger partial charge in [0.2, 0.25) is 29.5 Å². The number of aromatic hydroxyl groups is 1. The maximum absolute atomic E-state index is 13.6. The molecule has 0 saturated heterocycles. The van der Waals surface area contributed by atoms with E-state index in [9.17, 15) is 33.9 Å². The van der Waals surface area contributed by atoms with Crippen LogP contribution in [0.1, 0.15) is 58.7 Å². The number of aromatic nitrogens is 2. The summed E-state index contributed by atoms with van der Waals surface area (Å²) < 4.78 is 0. The highest BCUT2D eigenvalue weighted by Crippen LogP contribution is 2.16. The molecule has 16 heteroatoms. The Morgan fingerprint density at radius 3 is 1.69 bits per heavy atom. The normalized spacial score (nSPS) is 12.4. The summed E-state index contributed by atoms with van der Waals surface area (Å²) in [5.74, 6) is -3.81. The van der Waals surface area contributed by atoms with Gasteiger partial charge in [0.05, 0.1) is 24.5 Å². The number of phenolic OH excluding ortho intramolecular Hbond substituents is 1. The summed E-state index contributed by atoms with van der Waals surface area (Å²) in [7, 11) is 0. The van der Waals surface area contributed by atoms with Gasteiger partial charge in [-0.1, -0.05) is 80.6 Å². The SMILES string of the molecule is CC(C)C[C@H](NC(=O)[C@H](Cc1ccccc1)NC(=O)CNC(=O)CNC(=O)[C@H](Cc1ccc(O)cc1)NC(=O)c1ccc(CN(Cc2ccccn2)Cc2ccccn2)cc1)C(N)=O. The molecule has 2 aromatic heterocycles. The predicted molar refractivity (Wildman–Crippen MR) is 240 cm³/mol. The number of nitrogens with two attached hydrogens (primary N) is 1. The summed E-state index contributed by atoms with van der Waals surface area (Å²) >= 11 is 0. The lowest BCUT2D eigenvalue weighted by molar-refractivity contribution is -0.132. The van der Waals surface area contributed by atoms with Crippen LogP contribution in [0.5, 0.6) is 5.75 Å². The number of nitrogens with zero attached hydrogens (tertiary/aromatic N) is 3. The number of phenols is 1. The van der Waals surface area contributed by atoms with Crippen LogP contribution in [0.15, 0.2) is 128 Å². The molecule has 2 heterocycles. The van der Waals surface area contributed by atoms with E-state index in [1.807, 2.05) is 68.4 Å². The van der Waals surface area contributed by atoms with Gasteiger partial charge in [-0.2, -0.15) is 0 Å². The fraction of sp³-hybridized carbons (Fsp3) is 0.292. The van der Waals surface area contributed by atoms with Gasteiger partial charge in [0.15, 0.2) is 0 Å². The predicted octanol–water partition coefficient (Wildman–Crippen LogP) is 2.70. The van der Waals surface area contributed by atoms with Crippen LogP contribution in [-0.2, 0) is 56.4 Å². The van der Waals surface area contributed by atoms with Crippen molar-refractivity contribution in [2.75, 3.05) is 13.1 Å². The third-order valence-electron chi connectivity index (χ3n) is 10.0. The average molecular weight is 870 g/mol. The highest BCUT2D eigenvalue weighted by Gasteiger charge is 2.27.